The highest BCUT2D eigenvalue weighted by atomic mass is 35.5. The van der Waals surface area contributed by atoms with Crippen LogP contribution < -0.4 is 9.47 Å². The maximum Gasteiger partial charge on any atom is 0.214 e. The Morgan fingerprint density at radius 1 is 1.56 bits per heavy atom. The summed E-state index contributed by atoms with van der Waals surface area (Å²) in [6.45, 7) is 3.77. The first-order valence-corrected chi connectivity index (χ1v) is 5.64. The zero-order chi connectivity index (χ0) is 12.1. The van der Waals surface area contributed by atoms with Gasteiger partial charge in [-0.1, -0.05) is 6.92 Å². The molecule has 1 heterocycles. The fraction of sp³-hybridized carbons (Fsp3) is 0.545. The van der Waals surface area contributed by atoms with Gasteiger partial charge >= 0.3 is 0 Å². The summed E-state index contributed by atoms with van der Waals surface area (Å²) >= 11 is 5.71. The van der Waals surface area contributed by atoms with Crippen LogP contribution in [0.1, 0.15) is 24.6 Å². The van der Waals surface area contributed by atoms with E-state index in [2.05, 4.69) is 0 Å². The van der Waals surface area contributed by atoms with Crippen molar-refractivity contribution in [3.05, 3.63) is 28.7 Å². The molecule has 4 nitrogen and oxygen atoms in total. The molecule has 0 radical (unpaired) electrons. The molecule has 0 aliphatic heterocycles. The molecule has 0 unspecified atom stereocenters. The average Bonchev–Trinajstić information content (AvgIpc) is 2.29. The lowest BCUT2D eigenvalue weighted by molar-refractivity contribution is -0.613. The van der Waals surface area contributed by atoms with Crippen molar-refractivity contribution in [2.24, 2.45) is 0 Å². The van der Waals surface area contributed by atoms with Gasteiger partial charge in [0.15, 0.2) is 12.5 Å². The van der Waals surface area contributed by atoms with Crippen LogP contribution in [-0.2, 0) is 10.6 Å². The van der Waals surface area contributed by atoms with Gasteiger partial charge in [0.1, 0.15) is 11.6 Å². The monoisotopic (exact) mass is 245 g/mol. The van der Waals surface area contributed by atoms with Gasteiger partial charge in [0.25, 0.3) is 0 Å². The van der Waals surface area contributed by atoms with E-state index >= 15 is 0 Å². The number of halogens is 1. The Morgan fingerprint density at radius 3 is 2.75 bits per heavy atom. The van der Waals surface area contributed by atoms with Crippen LogP contribution in [0, 0.1) is 12.1 Å². The van der Waals surface area contributed by atoms with Crippen molar-refractivity contribution in [2.75, 3.05) is 7.11 Å². The molecular weight excluding hydrogens is 230 g/mol. The fourth-order valence-corrected chi connectivity index (χ4v) is 1.70. The van der Waals surface area contributed by atoms with Crippen molar-refractivity contribution < 1.29 is 14.2 Å². The van der Waals surface area contributed by atoms with Crippen molar-refractivity contribution >= 4 is 11.6 Å². The maximum atomic E-state index is 11.4. The van der Waals surface area contributed by atoms with E-state index in [1.165, 1.54) is 6.20 Å². The van der Waals surface area contributed by atoms with Gasteiger partial charge in [-0.05, 0) is 6.92 Å². The van der Waals surface area contributed by atoms with E-state index in [9.17, 15) is 5.21 Å². The van der Waals surface area contributed by atoms with Crippen LogP contribution >= 0.6 is 11.6 Å². The summed E-state index contributed by atoms with van der Waals surface area (Å²) in [7, 11) is 1.59. The number of pyridine rings is 1. The highest BCUT2D eigenvalue weighted by Gasteiger charge is 2.16. The number of hydrogen-bond donors (Lipinski definition) is 0. The Hall–Kier alpha value is -1.00. The van der Waals surface area contributed by atoms with Crippen molar-refractivity contribution in [3.8, 4) is 5.75 Å². The summed E-state index contributed by atoms with van der Waals surface area (Å²) in [6, 6.07) is 1.63. The van der Waals surface area contributed by atoms with Gasteiger partial charge in [-0.2, -0.15) is 4.73 Å². The number of rotatable bonds is 5. The average molecular weight is 246 g/mol. The summed E-state index contributed by atoms with van der Waals surface area (Å²) in [5.41, 5.74) is 1.26. The van der Waals surface area contributed by atoms with E-state index in [1.54, 1.807) is 13.2 Å². The molecule has 0 aliphatic carbocycles. The lowest BCUT2D eigenvalue weighted by Crippen LogP contribution is -2.32. The molecule has 5 heteroatoms. The SMILES string of the molecule is CC[C@H](OC)Oc1cc[n+]([O-])c(CCl)c1C. The molecular formula is C11H16ClNO3. The quantitative estimate of drug-likeness (QED) is 0.346. The van der Waals surface area contributed by atoms with Crippen molar-refractivity contribution in [1.29, 1.82) is 0 Å². The van der Waals surface area contributed by atoms with Crippen LogP contribution in [0.5, 0.6) is 5.75 Å². The summed E-state index contributed by atoms with van der Waals surface area (Å²) < 4.78 is 11.5. The highest BCUT2D eigenvalue weighted by Crippen LogP contribution is 2.21. The zero-order valence-corrected chi connectivity index (χ0v) is 10.5. The lowest BCUT2D eigenvalue weighted by Gasteiger charge is -2.17. The zero-order valence-electron chi connectivity index (χ0n) is 9.70. The van der Waals surface area contributed by atoms with E-state index in [4.69, 9.17) is 21.1 Å². The molecule has 0 amide bonds. The molecule has 0 spiro atoms. The third kappa shape index (κ3) is 2.77. The van der Waals surface area contributed by atoms with Crippen LogP contribution in [0.15, 0.2) is 12.3 Å². The van der Waals surface area contributed by atoms with Gasteiger partial charge in [-0.25, -0.2) is 0 Å². The van der Waals surface area contributed by atoms with Gasteiger partial charge in [0, 0.05) is 19.6 Å². The first-order valence-electron chi connectivity index (χ1n) is 5.11. The molecule has 0 fully saturated rings. The van der Waals surface area contributed by atoms with Crippen LogP contribution in [0.3, 0.4) is 0 Å². The van der Waals surface area contributed by atoms with Crippen molar-refractivity contribution in [3.63, 3.8) is 0 Å². The minimum Gasteiger partial charge on any atom is -0.618 e. The lowest BCUT2D eigenvalue weighted by atomic mass is 10.2. The first kappa shape index (κ1) is 13.1. The Balaban J connectivity index is 2.97. The predicted octanol–water partition coefficient (Wildman–Crippen LogP) is 2.13. The van der Waals surface area contributed by atoms with Gasteiger partial charge in [0.2, 0.25) is 5.69 Å². The van der Waals surface area contributed by atoms with Gasteiger partial charge in [-0.3, -0.25) is 0 Å². The molecule has 16 heavy (non-hydrogen) atoms. The Kier molecular flexibility index (Phi) is 4.83. The highest BCUT2D eigenvalue weighted by molar-refractivity contribution is 6.16. The largest absolute Gasteiger partial charge is 0.618 e. The number of methoxy groups -OCH3 is 1. The number of aromatic nitrogens is 1. The van der Waals surface area contributed by atoms with Crippen molar-refractivity contribution in [2.45, 2.75) is 32.4 Å². The Morgan fingerprint density at radius 2 is 2.25 bits per heavy atom. The molecule has 0 aliphatic rings. The normalized spacial score (nSPS) is 12.5. The van der Waals surface area contributed by atoms with Crippen LogP contribution in [0.4, 0.5) is 0 Å². The van der Waals surface area contributed by atoms with Gasteiger partial charge < -0.3 is 14.7 Å². The summed E-state index contributed by atoms with van der Waals surface area (Å²) in [4.78, 5) is 0. The van der Waals surface area contributed by atoms with Crippen LogP contribution in [0.25, 0.3) is 0 Å². The standard InChI is InChI=1S/C11H16ClNO3/c1-4-11(15-3)16-10-5-6-13(14)9(7-12)8(10)2/h5-6,11H,4,7H2,1-3H3/t11-/m1/s1. The smallest absolute Gasteiger partial charge is 0.214 e. The van der Waals surface area contributed by atoms with Crippen molar-refractivity contribution in [1.82, 2.24) is 0 Å². The molecule has 1 aromatic heterocycles. The molecule has 90 valence electrons. The van der Waals surface area contributed by atoms with E-state index in [-0.39, 0.29) is 12.2 Å². The molecule has 1 aromatic rings. The predicted molar refractivity (Wildman–Crippen MR) is 61.4 cm³/mol. The minimum absolute atomic E-state index is 0.163. The maximum absolute atomic E-state index is 11.4. The molecule has 0 aromatic carbocycles. The third-order valence-corrected chi connectivity index (χ3v) is 2.66. The summed E-state index contributed by atoms with van der Waals surface area (Å²) in [5, 5.41) is 11.4. The van der Waals surface area contributed by atoms with Crippen LogP contribution in [0.2, 0.25) is 0 Å². The van der Waals surface area contributed by atoms with E-state index < -0.39 is 0 Å². The second kappa shape index (κ2) is 5.92. The van der Waals surface area contributed by atoms with Gasteiger partial charge in [0.05, 0.1) is 5.56 Å². The third-order valence-electron chi connectivity index (χ3n) is 2.41. The van der Waals surface area contributed by atoms with Gasteiger partial charge in [-0.15, -0.1) is 11.6 Å². The van der Waals surface area contributed by atoms with Crippen LogP contribution in [-0.4, -0.2) is 13.4 Å². The summed E-state index contributed by atoms with van der Waals surface area (Å²) in [6.07, 6.45) is 1.82. The van der Waals surface area contributed by atoms with E-state index in [1.807, 2.05) is 13.8 Å². The summed E-state index contributed by atoms with van der Waals surface area (Å²) in [5.74, 6) is 0.799. The fourth-order valence-electron chi connectivity index (χ4n) is 1.38. The molecule has 1 atom stereocenters. The number of hydrogen-bond acceptors (Lipinski definition) is 3. The number of alkyl halides is 1. The second-order valence-corrected chi connectivity index (χ2v) is 3.67. The van der Waals surface area contributed by atoms with E-state index in [0.717, 1.165) is 16.7 Å². The Labute approximate surface area is 100 Å². The minimum atomic E-state index is -0.302. The molecule has 0 N–H and O–H groups in total. The molecule has 0 saturated carbocycles. The molecule has 0 saturated heterocycles. The number of ether oxygens (including phenoxy) is 2. The van der Waals surface area contributed by atoms with E-state index in [0.29, 0.717) is 11.4 Å². The topological polar surface area (TPSA) is 45.4 Å². The molecule has 0 bridgehead atoms. The molecule has 1 rings (SSSR count). The second-order valence-electron chi connectivity index (χ2n) is 3.40. The first-order chi connectivity index (χ1) is 7.63. The Bertz CT molecular complexity index is 353. The number of nitrogens with zero attached hydrogens (tertiary/aromatic N) is 1.